The predicted octanol–water partition coefficient (Wildman–Crippen LogP) is 4.62. The van der Waals surface area contributed by atoms with E-state index in [1.165, 1.54) is 17.3 Å². The number of anilines is 1. The van der Waals surface area contributed by atoms with E-state index >= 15 is 0 Å². The van der Waals surface area contributed by atoms with E-state index in [1.54, 1.807) is 16.3 Å². The molecule has 0 saturated carbocycles. The van der Waals surface area contributed by atoms with Crippen molar-refractivity contribution in [3.05, 3.63) is 81.8 Å². The molecule has 0 bridgehead atoms. The van der Waals surface area contributed by atoms with Gasteiger partial charge in [-0.25, -0.2) is 4.98 Å². The van der Waals surface area contributed by atoms with Crippen molar-refractivity contribution in [1.82, 2.24) is 9.55 Å². The van der Waals surface area contributed by atoms with Crippen molar-refractivity contribution in [1.29, 1.82) is 0 Å². The number of nitrogens with zero attached hydrogens (tertiary/aromatic N) is 2. The molecule has 0 radical (unpaired) electrons. The first-order chi connectivity index (χ1) is 15.0. The molecule has 7 heteroatoms. The number of aromatic nitrogens is 2. The summed E-state index contributed by atoms with van der Waals surface area (Å²) in [4.78, 5) is 31.3. The summed E-state index contributed by atoms with van der Waals surface area (Å²) in [6.07, 6.45) is 1.74. The molecule has 1 aromatic heterocycles. The van der Waals surface area contributed by atoms with Gasteiger partial charge in [0, 0.05) is 17.4 Å². The molecule has 0 saturated heterocycles. The summed E-state index contributed by atoms with van der Waals surface area (Å²) < 4.78 is 1.70. The Morgan fingerprint density at radius 1 is 1.16 bits per heavy atom. The number of carbonyl (C=O) groups is 1. The number of rotatable bonds is 7. The molecule has 1 aliphatic rings. The summed E-state index contributed by atoms with van der Waals surface area (Å²) in [5, 5.41) is 3.87. The highest BCUT2D eigenvalue weighted by atomic mass is 32.2. The first-order valence-corrected chi connectivity index (χ1v) is 12.3. The smallest absolute Gasteiger partial charge is 0.268 e. The zero-order valence-corrected chi connectivity index (χ0v) is 19.3. The van der Waals surface area contributed by atoms with E-state index in [9.17, 15) is 9.59 Å². The van der Waals surface area contributed by atoms with E-state index in [0.717, 1.165) is 34.7 Å². The summed E-state index contributed by atoms with van der Waals surface area (Å²) in [6, 6.07) is 17.7. The van der Waals surface area contributed by atoms with Crippen LogP contribution in [-0.2, 0) is 24.2 Å². The zero-order chi connectivity index (χ0) is 21.8. The van der Waals surface area contributed by atoms with Gasteiger partial charge < -0.3 is 5.32 Å². The molecule has 0 aliphatic carbocycles. The SMILES string of the molecule is CCc1ccc(NC(=O)CSc2nc3c(c(=O)n2Cc2ccccc2)S[C@H](C)C3)cc1. The van der Waals surface area contributed by atoms with Crippen molar-refractivity contribution in [2.75, 3.05) is 11.1 Å². The first kappa shape index (κ1) is 21.7. The molecule has 31 heavy (non-hydrogen) atoms. The van der Waals surface area contributed by atoms with Crippen LogP contribution < -0.4 is 10.9 Å². The van der Waals surface area contributed by atoms with Gasteiger partial charge in [-0.15, -0.1) is 11.8 Å². The van der Waals surface area contributed by atoms with E-state index < -0.39 is 0 Å². The standard InChI is InChI=1S/C24H25N3O2S2/c1-3-17-9-11-19(12-10-17)25-21(28)15-30-24-26-20-13-16(2)31-22(20)23(29)27(24)14-18-7-5-4-6-8-18/h4-12,16H,3,13-15H2,1-2H3,(H,25,28)/t16-/m1/s1. The lowest BCUT2D eigenvalue weighted by molar-refractivity contribution is -0.113. The molecule has 2 aromatic carbocycles. The van der Waals surface area contributed by atoms with Gasteiger partial charge in [0.05, 0.1) is 22.9 Å². The number of aryl methyl sites for hydroxylation is 1. The topological polar surface area (TPSA) is 64.0 Å². The van der Waals surface area contributed by atoms with Crippen LogP contribution in [0.15, 0.2) is 69.4 Å². The third-order valence-corrected chi connectivity index (χ3v) is 7.32. The summed E-state index contributed by atoms with van der Waals surface area (Å²) >= 11 is 2.91. The van der Waals surface area contributed by atoms with Crippen molar-refractivity contribution in [2.24, 2.45) is 0 Å². The Balaban J connectivity index is 1.53. The monoisotopic (exact) mass is 451 g/mol. The van der Waals surface area contributed by atoms with Crippen molar-refractivity contribution < 1.29 is 4.79 Å². The van der Waals surface area contributed by atoms with Crippen molar-refractivity contribution in [2.45, 2.75) is 48.5 Å². The zero-order valence-electron chi connectivity index (χ0n) is 17.6. The van der Waals surface area contributed by atoms with Gasteiger partial charge in [-0.2, -0.15) is 0 Å². The summed E-state index contributed by atoms with van der Waals surface area (Å²) in [5.41, 5.74) is 3.87. The maximum atomic E-state index is 13.2. The fraction of sp³-hybridized carbons (Fsp3) is 0.292. The lowest BCUT2D eigenvalue weighted by atomic mass is 10.1. The van der Waals surface area contributed by atoms with Crippen LogP contribution in [0, 0.1) is 0 Å². The number of carbonyl (C=O) groups excluding carboxylic acids is 1. The largest absolute Gasteiger partial charge is 0.325 e. The molecular weight excluding hydrogens is 426 g/mol. The minimum atomic E-state index is -0.113. The highest BCUT2D eigenvalue weighted by Crippen LogP contribution is 2.34. The van der Waals surface area contributed by atoms with Gasteiger partial charge in [-0.1, -0.05) is 68.1 Å². The third kappa shape index (κ3) is 5.22. The summed E-state index contributed by atoms with van der Waals surface area (Å²) in [6.45, 7) is 4.65. The van der Waals surface area contributed by atoms with Gasteiger partial charge in [-0.05, 0) is 29.7 Å². The molecule has 1 atom stereocenters. The van der Waals surface area contributed by atoms with E-state index in [-0.39, 0.29) is 17.2 Å². The van der Waals surface area contributed by atoms with E-state index in [0.29, 0.717) is 17.0 Å². The molecule has 160 valence electrons. The molecule has 1 amide bonds. The number of hydrogen-bond donors (Lipinski definition) is 1. The van der Waals surface area contributed by atoms with Crippen LogP contribution in [0.4, 0.5) is 5.69 Å². The van der Waals surface area contributed by atoms with Crippen LogP contribution in [-0.4, -0.2) is 26.5 Å². The van der Waals surface area contributed by atoms with Crippen molar-refractivity contribution in [3.63, 3.8) is 0 Å². The number of fused-ring (bicyclic) bond motifs is 1. The molecule has 4 rings (SSSR count). The lowest BCUT2D eigenvalue weighted by Crippen LogP contribution is -2.26. The molecule has 2 heterocycles. The number of benzene rings is 2. The molecule has 0 unspecified atom stereocenters. The molecular formula is C24H25N3O2S2. The fourth-order valence-electron chi connectivity index (χ4n) is 3.50. The number of thioether (sulfide) groups is 2. The van der Waals surface area contributed by atoms with Gasteiger partial charge in [-0.3, -0.25) is 14.2 Å². The maximum Gasteiger partial charge on any atom is 0.268 e. The Kier molecular flexibility index (Phi) is 6.83. The Bertz CT molecular complexity index is 1130. The van der Waals surface area contributed by atoms with Crippen LogP contribution in [0.25, 0.3) is 0 Å². The van der Waals surface area contributed by atoms with E-state index in [4.69, 9.17) is 4.98 Å². The Labute approximate surface area is 190 Å². The minimum absolute atomic E-state index is 0.0127. The summed E-state index contributed by atoms with van der Waals surface area (Å²) in [5.74, 6) is 0.0797. The number of hydrogen-bond acceptors (Lipinski definition) is 5. The quantitative estimate of drug-likeness (QED) is 0.419. The molecule has 5 nitrogen and oxygen atoms in total. The first-order valence-electron chi connectivity index (χ1n) is 10.4. The van der Waals surface area contributed by atoms with E-state index in [2.05, 4.69) is 19.2 Å². The van der Waals surface area contributed by atoms with Crippen LogP contribution in [0.5, 0.6) is 0 Å². The second-order valence-corrected chi connectivity index (χ2v) is 9.96. The minimum Gasteiger partial charge on any atom is -0.325 e. The van der Waals surface area contributed by atoms with Gasteiger partial charge in [0.25, 0.3) is 5.56 Å². The van der Waals surface area contributed by atoms with E-state index in [1.807, 2.05) is 54.6 Å². The normalized spacial score (nSPS) is 15.0. The van der Waals surface area contributed by atoms with Crippen LogP contribution >= 0.6 is 23.5 Å². The number of amides is 1. The second kappa shape index (κ2) is 9.75. The Morgan fingerprint density at radius 3 is 2.61 bits per heavy atom. The third-order valence-electron chi connectivity index (χ3n) is 5.12. The van der Waals surface area contributed by atoms with Gasteiger partial charge in [0.15, 0.2) is 5.16 Å². The predicted molar refractivity (Wildman–Crippen MR) is 128 cm³/mol. The highest BCUT2D eigenvalue weighted by molar-refractivity contribution is 8.00. The Hall–Kier alpha value is -2.51. The van der Waals surface area contributed by atoms with Crippen LogP contribution in [0.1, 0.15) is 30.7 Å². The van der Waals surface area contributed by atoms with Crippen molar-refractivity contribution >= 4 is 35.1 Å². The van der Waals surface area contributed by atoms with Crippen LogP contribution in [0.3, 0.4) is 0 Å². The molecule has 3 aromatic rings. The molecule has 1 N–H and O–H groups in total. The van der Waals surface area contributed by atoms with Gasteiger partial charge in [0.1, 0.15) is 0 Å². The fourth-order valence-corrected chi connectivity index (χ4v) is 5.43. The summed E-state index contributed by atoms with van der Waals surface area (Å²) in [7, 11) is 0. The maximum absolute atomic E-state index is 13.2. The molecule has 0 fully saturated rings. The Morgan fingerprint density at radius 2 is 1.90 bits per heavy atom. The van der Waals surface area contributed by atoms with Crippen LogP contribution in [0.2, 0.25) is 0 Å². The van der Waals surface area contributed by atoms with Gasteiger partial charge >= 0.3 is 0 Å². The average molecular weight is 452 g/mol. The molecule has 0 spiro atoms. The number of nitrogens with one attached hydrogen (secondary N) is 1. The molecule has 1 aliphatic heterocycles. The second-order valence-electron chi connectivity index (χ2n) is 7.57. The average Bonchev–Trinajstić information content (AvgIpc) is 3.16. The highest BCUT2D eigenvalue weighted by Gasteiger charge is 2.26. The van der Waals surface area contributed by atoms with Gasteiger partial charge in [0.2, 0.25) is 5.91 Å². The van der Waals surface area contributed by atoms with Crippen molar-refractivity contribution in [3.8, 4) is 0 Å². The lowest BCUT2D eigenvalue weighted by Gasteiger charge is -2.14.